The van der Waals surface area contributed by atoms with Crippen molar-refractivity contribution in [3.63, 3.8) is 0 Å². The van der Waals surface area contributed by atoms with Crippen molar-refractivity contribution >= 4 is 32.6 Å². The maximum Gasteiger partial charge on any atom is 0.275 e. The second-order valence-corrected chi connectivity index (χ2v) is 8.33. The Kier molecular flexibility index (Phi) is 5.48. The van der Waals surface area contributed by atoms with Crippen LogP contribution >= 0.6 is 15.9 Å². The number of benzene rings is 1. The van der Waals surface area contributed by atoms with E-state index in [4.69, 9.17) is 4.74 Å². The van der Waals surface area contributed by atoms with Gasteiger partial charge in [-0.1, -0.05) is 29.8 Å². The van der Waals surface area contributed by atoms with E-state index in [2.05, 4.69) is 26.3 Å². The van der Waals surface area contributed by atoms with Crippen molar-refractivity contribution in [3.8, 4) is 0 Å². The number of halogens is 1. The van der Waals surface area contributed by atoms with E-state index < -0.39 is 0 Å². The van der Waals surface area contributed by atoms with E-state index in [1.807, 2.05) is 32.9 Å². The zero-order chi connectivity index (χ0) is 18.9. The van der Waals surface area contributed by atoms with Crippen LogP contribution in [0.3, 0.4) is 0 Å². The van der Waals surface area contributed by atoms with Gasteiger partial charge in [-0.15, -0.1) is 0 Å². The number of hydrogen-bond donors (Lipinski definition) is 1. The molecule has 1 aliphatic heterocycles. The molecule has 0 radical (unpaired) electrons. The number of nitrogens with one attached hydrogen (secondary N) is 1. The van der Waals surface area contributed by atoms with Gasteiger partial charge >= 0.3 is 0 Å². The average molecular weight is 422 g/mol. The monoisotopic (exact) mass is 421 g/mol. The standard InChI is InChI=1S/C19H24BrN3O3/c1-12(2)17-15-10-13(20)4-5-14(15)18(25)23(22-17)11-16(24)21-19(3)6-8-26-9-7-19/h4-5,10,12H,6-9,11H2,1-3H3,(H,21,24). The van der Waals surface area contributed by atoms with Gasteiger partial charge in [0.15, 0.2) is 0 Å². The molecule has 0 aliphatic carbocycles. The molecule has 0 saturated carbocycles. The highest BCUT2D eigenvalue weighted by atomic mass is 79.9. The van der Waals surface area contributed by atoms with Crippen molar-refractivity contribution in [3.05, 3.63) is 38.7 Å². The Morgan fingerprint density at radius 2 is 2.04 bits per heavy atom. The van der Waals surface area contributed by atoms with Crippen LogP contribution in [0.25, 0.3) is 10.8 Å². The second-order valence-electron chi connectivity index (χ2n) is 7.41. The summed E-state index contributed by atoms with van der Waals surface area (Å²) in [5, 5.41) is 8.95. The Morgan fingerprint density at radius 3 is 2.69 bits per heavy atom. The summed E-state index contributed by atoms with van der Waals surface area (Å²) in [6, 6.07) is 5.53. The molecule has 0 unspecified atom stereocenters. The highest BCUT2D eigenvalue weighted by Crippen LogP contribution is 2.24. The maximum atomic E-state index is 12.8. The quantitative estimate of drug-likeness (QED) is 0.823. The third-order valence-corrected chi connectivity index (χ3v) is 5.32. The van der Waals surface area contributed by atoms with Gasteiger partial charge in [0.1, 0.15) is 6.54 Å². The fraction of sp³-hybridized carbons (Fsp3) is 0.526. The Morgan fingerprint density at radius 1 is 1.35 bits per heavy atom. The molecule has 1 saturated heterocycles. The van der Waals surface area contributed by atoms with E-state index in [1.54, 1.807) is 6.07 Å². The summed E-state index contributed by atoms with van der Waals surface area (Å²) in [5.74, 6) is -0.0649. The van der Waals surface area contributed by atoms with E-state index in [9.17, 15) is 9.59 Å². The Labute approximate surface area is 161 Å². The van der Waals surface area contributed by atoms with Gasteiger partial charge < -0.3 is 10.1 Å². The first-order valence-electron chi connectivity index (χ1n) is 8.88. The lowest BCUT2D eigenvalue weighted by atomic mass is 9.92. The minimum atomic E-state index is -0.290. The average Bonchev–Trinajstić information content (AvgIpc) is 2.57. The summed E-state index contributed by atoms with van der Waals surface area (Å²) in [4.78, 5) is 25.4. The molecule has 6 nitrogen and oxygen atoms in total. The molecular formula is C19H24BrN3O3. The third-order valence-electron chi connectivity index (χ3n) is 4.83. The predicted molar refractivity (Wildman–Crippen MR) is 104 cm³/mol. The SMILES string of the molecule is CC(C)c1nn(CC(=O)NC2(C)CCOCC2)c(=O)c2ccc(Br)cc12. The van der Waals surface area contributed by atoms with Crippen LogP contribution in [0.1, 0.15) is 45.2 Å². The summed E-state index contributed by atoms with van der Waals surface area (Å²) in [7, 11) is 0. The number of nitrogens with zero attached hydrogens (tertiary/aromatic N) is 2. The van der Waals surface area contributed by atoms with Crippen LogP contribution in [0, 0.1) is 0 Å². The first-order chi connectivity index (χ1) is 12.3. The lowest BCUT2D eigenvalue weighted by Crippen LogP contribution is -2.51. The topological polar surface area (TPSA) is 73.2 Å². The molecular weight excluding hydrogens is 398 g/mol. The van der Waals surface area contributed by atoms with Crippen LogP contribution in [-0.4, -0.2) is 34.4 Å². The van der Waals surface area contributed by atoms with Crippen molar-refractivity contribution in [1.82, 2.24) is 15.1 Å². The van der Waals surface area contributed by atoms with Crippen LogP contribution in [-0.2, 0) is 16.1 Å². The van der Waals surface area contributed by atoms with Gasteiger partial charge in [-0.3, -0.25) is 9.59 Å². The Bertz CT molecular complexity index is 885. The van der Waals surface area contributed by atoms with Gasteiger partial charge in [-0.05, 0) is 43.9 Å². The summed E-state index contributed by atoms with van der Waals surface area (Å²) in [5.41, 5.74) is 0.275. The number of ether oxygens (including phenoxy) is 1. The number of aromatic nitrogens is 2. The third kappa shape index (κ3) is 3.99. The molecule has 1 fully saturated rings. The Balaban J connectivity index is 1.92. The van der Waals surface area contributed by atoms with Crippen molar-refractivity contribution < 1.29 is 9.53 Å². The van der Waals surface area contributed by atoms with Crippen molar-refractivity contribution in [2.45, 2.75) is 51.6 Å². The zero-order valence-electron chi connectivity index (χ0n) is 15.3. The zero-order valence-corrected chi connectivity index (χ0v) is 16.9. The molecule has 1 N–H and O–H groups in total. The largest absolute Gasteiger partial charge is 0.381 e. The van der Waals surface area contributed by atoms with Gasteiger partial charge in [0.05, 0.1) is 11.1 Å². The molecule has 0 atom stereocenters. The van der Waals surface area contributed by atoms with Crippen LogP contribution < -0.4 is 10.9 Å². The maximum absolute atomic E-state index is 12.8. The summed E-state index contributed by atoms with van der Waals surface area (Å²) in [6.45, 7) is 7.26. The van der Waals surface area contributed by atoms with Crippen LogP contribution in [0.15, 0.2) is 27.5 Å². The summed E-state index contributed by atoms with van der Waals surface area (Å²) >= 11 is 3.45. The first kappa shape index (κ1) is 19.0. The van der Waals surface area contributed by atoms with Crippen molar-refractivity contribution in [2.24, 2.45) is 0 Å². The molecule has 1 amide bonds. The number of hydrogen-bond acceptors (Lipinski definition) is 4. The van der Waals surface area contributed by atoms with Gasteiger partial charge in [-0.2, -0.15) is 5.10 Å². The first-order valence-corrected chi connectivity index (χ1v) is 9.67. The van der Waals surface area contributed by atoms with Crippen molar-refractivity contribution in [2.75, 3.05) is 13.2 Å². The highest BCUT2D eigenvalue weighted by Gasteiger charge is 2.29. The van der Waals surface area contributed by atoms with Crippen LogP contribution in [0.2, 0.25) is 0 Å². The molecule has 3 rings (SSSR count). The van der Waals surface area contributed by atoms with Crippen LogP contribution in [0.4, 0.5) is 0 Å². The number of amides is 1. The normalized spacial score (nSPS) is 16.8. The minimum Gasteiger partial charge on any atom is -0.381 e. The highest BCUT2D eigenvalue weighted by molar-refractivity contribution is 9.10. The number of rotatable bonds is 4. The summed E-state index contributed by atoms with van der Waals surface area (Å²) < 4.78 is 7.54. The predicted octanol–water partition coefficient (Wildman–Crippen LogP) is 2.97. The lowest BCUT2D eigenvalue weighted by Gasteiger charge is -2.34. The minimum absolute atomic E-state index is 0.0823. The number of carbonyl (C=O) groups is 1. The van der Waals surface area contributed by atoms with Gasteiger partial charge in [0, 0.05) is 28.6 Å². The van der Waals surface area contributed by atoms with Crippen molar-refractivity contribution in [1.29, 1.82) is 0 Å². The molecule has 1 aliphatic rings. The van der Waals surface area contributed by atoms with Crippen LogP contribution in [0.5, 0.6) is 0 Å². The summed E-state index contributed by atoms with van der Waals surface area (Å²) in [6.07, 6.45) is 1.54. The van der Waals surface area contributed by atoms with E-state index in [0.29, 0.717) is 18.6 Å². The molecule has 2 aromatic rings. The number of carbonyl (C=O) groups excluding carboxylic acids is 1. The molecule has 140 valence electrons. The van der Waals surface area contributed by atoms with E-state index in [0.717, 1.165) is 28.4 Å². The fourth-order valence-electron chi connectivity index (χ4n) is 3.28. The molecule has 7 heteroatoms. The molecule has 0 spiro atoms. The second kappa shape index (κ2) is 7.48. The Hall–Kier alpha value is -1.73. The van der Waals surface area contributed by atoms with Gasteiger partial charge in [-0.25, -0.2) is 4.68 Å². The smallest absolute Gasteiger partial charge is 0.275 e. The lowest BCUT2D eigenvalue weighted by molar-refractivity contribution is -0.124. The molecule has 26 heavy (non-hydrogen) atoms. The number of fused-ring (bicyclic) bond motifs is 1. The van der Waals surface area contributed by atoms with Gasteiger partial charge in [0.25, 0.3) is 5.56 Å². The molecule has 0 bridgehead atoms. The van der Waals surface area contributed by atoms with E-state index in [1.165, 1.54) is 4.68 Å². The van der Waals surface area contributed by atoms with E-state index in [-0.39, 0.29) is 29.5 Å². The molecule has 2 heterocycles. The van der Waals surface area contributed by atoms with E-state index >= 15 is 0 Å². The fourth-order valence-corrected chi connectivity index (χ4v) is 3.64. The van der Waals surface area contributed by atoms with Gasteiger partial charge in [0.2, 0.25) is 5.91 Å². The molecule has 1 aromatic heterocycles. The molecule has 1 aromatic carbocycles.